The van der Waals surface area contributed by atoms with E-state index in [0.717, 1.165) is 4.90 Å². The molecule has 2 aromatic carbocycles. The summed E-state index contributed by atoms with van der Waals surface area (Å²) in [6.45, 7) is 1.17. The predicted octanol–water partition coefficient (Wildman–Crippen LogP) is 2.06. The predicted molar refractivity (Wildman–Crippen MR) is 86.1 cm³/mol. The second kappa shape index (κ2) is 6.16. The summed E-state index contributed by atoms with van der Waals surface area (Å²) in [7, 11) is 0. The molecule has 0 radical (unpaired) electrons. The van der Waals surface area contributed by atoms with Gasteiger partial charge in [0.1, 0.15) is 17.8 Å². The minimum absolute atomic E-state index is 0.361. The van der Waals surface area contributed by atoms with Crippen LogP contribution in [0.2, 0.25) is 0 Å². The van der Waals surface area contributed by atoms with Crippen LogP contribution < -0.4 is 10.1 Å². The average molecular weight is 324 g/mol. The number of hydrogen-bond donors (Lipinski definition) is 1. The lowest BCUT2D eigenvalue weighted by molar-refractivity contribution is -0.140. The molecule has 0 spiro atoms. The highest BCUT2D eigenvalue weighted by Crippen LogP contribution is 2.28. The highest BCUT2D eigenvalue weighted by Gasteiger charge is 2.49. The van der Waals surface area contributed by atoms with Gasteiger partial charge in [-0.1, -0.05) is 48.5 Å². The van der Waals surface area contributed by atoms with Gasteiger partial charge in [-0.15, -0.1) is 0 Å². The Morgan fingerprint density at radius 3 is 2.25 bits per heavy atom. The van der Waals surface area contributed by atoms with Gasteiger partial charge in [0.25, 0.3) is 5.91 Å². The van der Waals surface area contributed by atoms with Gasteiger partial charge in [-0.05, 0) is 24.6 Å². The molecule has 2 aromatic rings. The number of esters is 1. The van der Waals surface area contributed by atoms with E-state index in [1.54, 1.807) is 61.5 Å². The van der Waals surface area contributed by atoms with Crippen molar-refractivity contribution >= 4 is 17.9 Å². The first-order valence-corrected chi connectivity index (χ1v) is 7.46. The summed E-state index contributed by atoms with van der Waals surface area (Å²) in [5, 5.41) is 2.65. The van der Waals surface area contributed by atoms with Crippen LogP contribution in [-0.4, -0.2) is 29.4 Å². The largest absolute Gasteiger partial charge is 0.425 e. The summed E-state index contributed by atoms with van der Waals surface area (Å²) in [6.07, 6.45) is 0. The third-order valence-corrected chi connectivity index (χ3v) is 3.89. The SMILES string of the molecule is C[C@]1(c2ccccc2)NC(=O)N(CC(=O)Oc2ccccc2)C1=O. The van der Waals surface area contributed by atoms with Gasteiger partial charge >= 0.3 is 12.0 Å². The Morgan fingerprint density at radius 1 is 1.04 bits per heavy atom. The number of carbonyl (C=O) groups excluding carboxylic acids is 3. The third kappa shape index (κ3) is 2.86. The van der Waals surface area contributed by atoms with Crippen LogP contribution in [0.25, 0.3) is 0 Å². The Labute approximate surface area is 139 Å². The van der Waals surface area contributed by atoms with Gasteiger partial charge in [-0.25, -0.2) is 9.59 Å². The highest BCUT2D eigenvalue weighted by molar-refractivity contribution is 6.08. The molecule has 0 bridgehead atoms. The van der Waals surface area contributed by atoms with Gasteiger partial charge in [-0.3, -0.25) is 9.69 Å². The van der Waals surface area contributed by atoms with Crippen LogP contribution in [0.4, 0.5) is 4.79 Å². The maximum absolute atomic E-state index is 12.7. The van der Waals surface area contributed by atoms with E-state index in [2.05, 4.69) is 5.32 Å². The number of rotatable bonds is 4. The molecule has 1 aliphatic rings. The average Bonchev–Trinajstić information content (AvgIpc) is 2.81. The van der Waals surface area contributed by atoms with Crippen molar-refractivity contribution in [2.75, 3.05) is 6.54 Å². The van der Waals surface area contributed by atoms with Crippen molar-refractivity contribution in [3.05, 3.63) is 66.2 Å². The van der Waals surface area contributed by atoms with Gasteiger partial charge in [0.05, 0.1) is 0 Å². The Kier molecular flexibility index (Phi) is 4.04. The summed E-state index contributed by atoms with van der Waals surface area (Å²) in [6, 6.07) is 16.8. The van der Waals surface area contributed by atoms with E-state index in [0.29, 0.717) is 11.3 Å². The molecule has 1 aliphatic heterocycles. The van der Waals surface area contributed by atoms with Crippen LogP contribution in [0, 0.1) is 0 Å². The lowest BCUT2D eigenvalue weighted by Gasteiger charge is -2.21. The van der Waals surface area contributed by atoms with Crippen LogP contribution in [0.1, 0.15) is 12.5 Å². The first kappa shape index (κ1) is 15.7. The summed E-state index contributed by atoms with van der Waals surface area (Å²) in [5.41, 5.74) is -0.534. The molecule has 0 unspecified atom stereocenters. The van der Waals surface area contributed by atoms with E-state index in [-0.39, 0.29) is 0 Å². The number of carbonyl (C=O) groups is 3. The molecule has 1 fully saturated rings. The lowest BCUT2D eigenvalue weighted by Crippen LogP contribution is -2.41. The number of benzene rings is 2. The fraction of sp³-hybridized carbons (Fsp3) is 0.167. The van der Waals surface area contributed by atoms with E-state index in [1.807, 2.05) is 6.07 Å². The second-order valence-corrected chi connectivity index (χ2v) is 5.60. The molecule has 122 valence electrons. The molecule has 0 aliphatic carbocycles. The van der Waals surface area contributed by atoms with Crippen LogP contribution in [0.5, 0.6) is 5.75 Å². The highest BCUT2D eigenvalue weighted by atomic mass is 16.5. The van der Waals surface area contributed by atoms with Crippen molar-refractivity contribution < 1.29 is 19.1 Å². The fourth-order valence-corrected chi connectivity index (χ4v) is 2.59. The van der Waals surface area contributed by atoms with Gasteiger partial charge in [0, 0.05) is 0 Å². The van der Waals surface area contributed by atoms with Gasteiger partial charge in [0.2, 0.25) is 0 Å². The summed E-state index contributed by atoms with van der Waals surface area (Å²) in [5.74, 6) is -0.800. The lowest BCUT2D eigenvalue weighted by atomic mass is 9.92. The van der Waals surface area contributed by atoms with E-state index >= 15 is 0 Å². The van der Waals surface area contributed by atoms with Crippen molar-refractivity contribution in [3.63, 3.8) is 0 Å². The van der Waals surface area contributed by atoms with Gasteiger partial charge in [0.15, 0.2) is 0 Å². The number of ether oxygens (including phenoxy) is 1. The third-order valence-electron chi connectivity index (χ3n) is 3.89. The van der Waals surface area contributed by atoms with Crippen molar-refractivity contribution in [2.45, 2.75) is 12.5 Å². The first-order valence-electron chi connectivity index (χ1n) is 7.46. The molecule has 24 heavy (non-hydrogen) atoms. The molecule has 1 heterocycles. The number of amides is 3. The standard InChI is InChI=1S/C18H16N2O4/c1-18(13-8-4-2-5-9-13)16(22)20(17(23)19-18)12-15(21)24-14-10-6-3-7-11-14/h2-11H,12H2,1H3,(H,19,23)/t18-/m1/s1. The molecule has 3 amide bonds. The van der Waals surface area contributed by atoms with E-state index in [4.69, 9.17) is 4.74 Å². The molecule has 3 rings (SSSR count). The Bertz CT molecular complexity index is 776. The van der Waals surface area contributed by atoms with Crippen LogP contribution in [0.3, 0.4) is 0 Å². The number of nitrogens with zero attached hydrogens (tertiary/aromatic N) is 1. The van der Waals surface area contributed by atoms with Gasteiger partial charge < -0.3 is 10.1 Å². The first-order chi connectivity index (χ1) is 11.5. The molecule has 1 saturated heterocycles. The second-order valence-electron chi connectivity index (χ2n) is 5.60. The Morgan fingerprint density at radius 2 is 1.62 bits per heavy atom. The van der Waals surface area contributed by atoms with E-state index in [9.17, 15) is 14.4 Å². The summed E-state index contributed by atoms with van der Waals surface area (Å²) in [4.78, 5) is 37.7. The molecule has 0 saturated carbocycles. The Balaban J connectivity index is 1.74. The monoisotopic (exact) mass is 324 g/mol. The zero-order valence-electron chi connectivity index (χ0n) is 13.1. The number of hydrogen-bond acceptors (Lipinski definition) is 4. The van der Waals surface area contributed by atoms with E-state index < -0.39 is 30.0 Å². The zero-order chi connectivity index (χ0) is 17.2. The molecule has 0 aromatic heterocycles. The number of nitrogens with one attached hydrogen (secondary N) is 1. The topological polar surface area (TPSA) is 75.7 Å². The zero-order valence-corrected chi connectivity index (χ0v) is 13.1. The van der Waals surface area contributed by atoms with Crippen LogP contribution in [-0.2, 0) is 15.1 Å². The Hall–Kier alpha value is -3.15. The molecule has 1 atom stereocenters. The normalized spacial score (nSPS) is 20.0. The maximum atomic E-state index is 12.7. The number of imide groups is 1. The molecular weight excluding hydrogens is 308 g/mol. The van der Waals surface area contributed by atoms with Crippen LogP contribution in [0.15, 0.2) is 60.7 Å². The van der Waals surface area contributed by atoms with Gasteiger partial charge in [-0.2, -0.15) is 0 Å². The van der Waals surface area contributed by atoms with Crippen LogP contribution >= 0.6 is 0 Å². The molecular formula is C18H16N2O4. The molecule has 6 heteroatoms. The van der Waals surface area contributed by atoms with E-state index in [1.165, 1.54) is 0 Å². The van der Waals surface area contributed by atoms with Crippen molar-refractivity contribution in [1.82, 2.24) is 10.2 Å². The quantitative estimate of drug-likeness (QED) is 0.531. The minimum Gasteiger partial charge on any atom is -0.425 e. The number of para-hydroxylation sites is 1. The summed E-state index contributed by atoms with van der Waals surface area (Å²) < 4.78 is 5.13. The maximum Gasteiger partial charge on any atom is 0.331 e. The molecule has 6 nitrogen and oxygen atoms in total. The number of urea groups is 1. The summed E-state index contributed by atoms with van der Waals surface area (Å²) >= 11 is 0. The van der Waals surface area contributed by atoms with Crippen molar-refractivity contribution in [3.8, 4) is 5.75 Å². The smallest absolute Gasteiger partial charge is 0.331 e. The minimum atomic E-state index is -1.19. The molecule has 1 N–H and O–H groups in total. The van der Waals surface area contributed by atoms with Crippen molar-refractivity contribution in [1.29, 1.82) is 0 Å². The fourth-order valence-electron chi connectivity index (χ4n) is 2.59. The van der Waals surface area contributed by atoms with Crippen molar-refractivity contribution in [2.24, 2.45) is 0 Å².